The Morgan fingerprint density at radius 2 is 1.11 bits per heavy atom. The number of rotatable bonds is 28. The lowest BCUT2D eigenvalue weighted by Gasteiger charge is -2.15. The fourth-order valence-corrected chi connectivity index (χ4v) is 4.26. The molecule has 35 heavy (non-hydrogen) atoms. The summed E-state index contributed by atoms with van der Waals surface area (Å²) >= 11 is 0. The molecule has 1 unspecified atom stereocenters. The highest BCUT2D eigenvalue weighted by molar-refractivity contribution is 5.69. The van der Waals surface area contributed by atoms with Crippen LogP contribution in [0.4, 0.5) is 0 Å². The van der Waals surface area contributed by atoms with Crippen LogP contribution in [0.25, 0.3) is 0 Å². The molecule has 1 N–H and O–H groups in total. The van der Waals surface area contributed by atoms with Gasteiger partial charge in [0, 0.05) is 13.0 Å². The van der Waals surface area contributed by atoms with Gasteiger partial charge in [-0.2, -0.15) is 0 Å². The molecule has 0 aliphatic carbocycles. The summed E-state index contributed by atoms with van der Waals surface area (Å²) in [5.74, 6) is -0.210. The monoisotopic (exact) mass is 496 g/mol. The second-order valence-electron chi connectivity index (χ2n) is 10.2. The van der Waals surface area contributed by atoms with Crippen molar-refractivity contribution in [3.8, 4) is 0 Å². The molecule has 0 spiro atoms. The third-order valence-electron chi connectivity index (χ3n) is 6.59. The van der Waals surface area contributed by atoms with E-state index in [1.807, 2.05) is 0 Å². The molecule has 0 aromatic carbocycles. The Hall–Kier alpha value is -0.870. The van der Waals surface area contributed by atoms with Crippen molar-refractivity contribution in [1.29, 1.82) is 0 Å². The van der Waals surface area contributed by atoms with E-state index < -0.39 is 6.10 Å². The quantitative estimate of drug-likeness (QED) is 0.0666. The number of aliphatic hydroxyl groups is 1. The third kappa shape index (κ3) is 27.6. The van der Waals surface area contributed by atoms with Crippen molar-refractivity contribution in [2.24, 2.45) is 0 Å². The van der Waals surface area contributed by atoms with Crippen molar-refractivity contribution in [3.05, 3.63) is 12.2 Å². The molecule has 0 radical (unpaired) electrons. The van der Waals surface area contributed by atoms with Gasteiger partial charge in [0.15, 0.2) is 0 Å². The molecule has 208 valence electrons. The van der Waals surface area contributed by atoms with Gasteiger partial charge in [-0.1, -0.05) is 122 Å². The molecule has 0 saturated carbocycles. The Kier molecular flexibility index (Phi) is 28.6. The number of carbonyl (C=O) groups excluding carboxylic acids is 1. The molecule has 4 nitrogen and oxygen atoms in total. The average Bonchev–Trinajstić information content (AvgIpc) is 2.86. The first-order valence-corrected chi connectivity index (χ1v) is 15.3. The third-order valence-corrected chi connectivity index (χ3v) is 6.59. The van der Waals surface area contributed by atoms with E-state index in [0.717, 1.165) is 19.3 Å². The molecular formula is C31H60O4. The van der Waals surface area contributed by atoms with Crippen LogP contribution >= 0.6 is 0 Å². The first-order valence-electron chi connectivity index (χ1n) is 15.3. The molecule has 0 fully saturated rings. The molecule has 4 heteroatoms. The highest BCUT2D eigenvalue weighted by Gasteiger charge is 2.13. The molecule has 0 aliphatic heterocycles. The van der Waals surface area contributed by atoms with Crippen LogP contribution < -0.4 is 0 Å². The fourth-order valence-electron chi connectivity index (χ4n) is 4.26. The molecule has 0 amide bonds. The molecule has 0 bridgehead atoms. The minimum Gasteiger partial charge on any atom is -0.457 e. The minimum atomic E-state index is -0.527. The maximum Gasteiger partial charge on any atom is 0.306 e. The summed E-state index contributed by atoms with van der Waals surface area (Å²) in [6, 6.07) is 0. The Labute approximate surface area is 218 Å². The number of hydrogen-bond acceptors (Lipinski definition) is 4. The van der Waals surface area contributed by atoms with E-state index in [1.54, 1.807) is 0 Å². The van der Waals surface area contributed by atoms with E-state index in [-0.39, 0.29) is 12.6 Å². The van der Waals surface area contributed by atoms with Gasteiger partial charge >= 0.3 is 5.97 Å². The van der Waals surface area contributed by atoms with Crippen LogP contribution in [0.15, 0.2) is 12.2 Å². The van der Waals surface area contributed by atoms with Crippen molar-refractivity contribution in [3.63, 3.8) is 0 Å². The Morgan fingerprint density at radius 3 is 1.63 bits per heavy atom. The Morgan fingerprint density at radius 1 is 0.657 bits per heavy atom. The number of carbonyl (C=O) groups is 1. The average molecular weight is 497 g/mol. The predicted octanol–water partition coefficient (Wildman–Crippen LogP) is 9.09. The van der Waals surface area contributed by atoms with Crippen molar-refractivity contribution in [2.45, 2.75) is 161 Å². The fraction of sp³-hybridized carbons (Fsp3) is 0.903. The van der Waals surface area contributed by atoms with Gasteiger partial charge in [0.1, 0.15) is 6.10 Å². The number of aliphatic hydroxyl groups excluding tert-OH is 1. The number of hydrogen-bond donors (Lipinski definition) is 1. The smallest absolute Gasteiger partial charge is 0.306 e. The molecule has 0 aromatic heterocycles. The molecule has 0 rings (SSSR count). The standard InChI is InChI=1S/C31H60O4/c1-3-5-7-9-11-12-13-14-15-16-17-18-19-21-23-25-27-34-29-30(28-32)35-31(33)26-24-22-20-10-8-6-4-2/h14-15,30,32H,3-13,16-29H2,1-2H3/b15-14-. The number of unbranched alkanes of at least 4 members (excludes halogenated alkanes) is 18. The molecule has 0 heterocycles. The van der Waals surface area contributed by atoms with Crippen LogP contribution in [0.3, 0.4) is 0 Å². The van der Waals surface area contributed by atoms with Crippen LogP contribution in [-0.4, -0.2) is 37.0 Å². The van der Waals surface area contributed by atoms with E-state index in [0.29, 0.717) is 19.6 Å². The summed E-state index contributed by atoms with van der Waals surface area (Å²) in [5, 5.41) is 9.45. The zero-order valence-electron chi connectivity index (χ0n) is 23.6. The zero-order valence-corrected chi connectivity index (χ0v) is 23.6. The van der Waals surface area contributed by atoms with Gasteiger partial charge in [0.2, 0.25) is 0 Å². The molecular weight excluding hydrogens is 436 g/mol. The lowest BCUT2D eigenvalue weighted by Crippen LogP contribution is -2.27. The molecule has 0 saturated heterocycles. The summed E-state index contributed by atoms with van der Waals surface area (Å²) in [6.07, 6.45) is 31.0. The molecule has 0 aliphatic rings. The largest absolute Gasteiger partial charge is 0.457 e. The van der Waals surface area contributed by atoms with Gasteiger partial charge in [-0.25, -0.2) is 0 Å². The maximum atomic E-state index is 11.9. The van der Waals surface area contributed by atoms with Gasteiger partial charge in [-0.05, 0) is 38.5 Å². The molecule has 0 aromatic rings. The second kappa shape index (κ2) is 29.4. The van der Waals surface area contributed by atoms with Crippen LogP contribution in [0, 0.1) is 0 Å². The summed E-state index contributed by atoms with van der Waals surface area (Å²) < 4.78 is 11.0. The Bertz CT molecular complexity index is 449. The van der Waals surface area contributed by atoms with Crippen LogP contribution in [0.5, 0.6) is 0 Å². The highest BCUT2D eigenvalue weighted by atomic mass is 16.6. The van der Waals surface area contributed by atoms with Crippen LogP contribution in [0.2, 0.25) is 0 Å². The summed E-state index contributed by atoms with van der Waals surface area (Å²) in [4.78, 5) is 11.9. The van der Waals surface area contributed by atoms with Crippen LogP contribution in [0.1, 0.15) is 155 Å². The number of esters is 1. The predicted molar refractivity (Wildman–Crippen MR) is 150 cm³/mol. The van der Waals surface area contributed by atoms with E-state index in [1.165, 1.54) is 116 Å². The summed E-state index contributed by atoms with van der Waals surface area (Å²) in [5.41, 5.74) is 0. The van der Waals surface area contributed by atoms with E-state index in [4.69, 9.17) is 9.47 Å². The topological polar surface area (TPSA) is 55.8 Å². The summed E-state index contributed by atoms with van der Waals surface area (Å²) in [6.45, 7) is 5.29. The lowest BCUT2D eigenvalue weighted by atomic mass is 10.1. The van der Waals surface area contributed by atoms with Gasteiger partial charge < -0.3 is 14.6 Å². The number of ether oxygens (including phenoxy) is 2. The van der Waals surface area contributed by atoms with Crippen molar-refractivity contribution in [1.82, 2.24) is 0 Å². The van der Waals surface area contributed by atoms with E-state index in [9.17, 15) is 9.90 Å². The highest BCUT2D eigenvalue weighted by Crippen LogP contribution is 2.11. The Balaban J connectivity index is 3.41. The van der Waals surface area contributed by atoms with Gasteiger partial charge in [0.25, 0.3) is 0 Å². The minimum absolute atomic E-state index is 0.170. The van der Waals surface area contributed by atoms with Gasteiger partial charge in [-0.3, -0.25) is 4.79 Å². The van der Waals surface area contributed by atoms with Crippen LogP contribution in [-0.2, 0) is 14.3 Å². The second-order valence-corrected chi connectivity index (χ2v) is 10.2. The number of allylic oxidation sites excluding steroid dienone is 2. The summed E-state index contributed by atoms with van der Waals surface area (Å²) in [7, 11) is 0. The van der Waals surface area contributed by atoms with Crippen molar-refractivity contribution < 1.29 is 19.4 Å². The normalized spacial score (nSPS) is 12.4. The van der Waals surface area contributed by atoms with Crippen molar-refractivity contribution in [2.75, 3.05) is 19.8 Å². The zero-order chi connectivity index (χ0) is 25.7. The first-order chi connectivity index (χ1) is 17.2. The van der Waals surface area contributed by atoms with Gasteiger partial charge in [0.05, 0.1) is 13.2 Å². The van der Waals surface area contributed by atoms with Crippen molar-refractivity contribution >= 4 is 5.97 Å². The first kappa shape index (κ1) is 34.1. The van der Waals surface area contributed by atoms with E-state index in [2.05, 4.69) is 26.0 Å². The lowest BCUT2D eigenvalue weighted by molar-refractivity contribution is -0.154. The molecule has 1 atom stereocenters. The van der Waals surface area contributed by atoms with Gasteiger partial charge in [-0.15, -0.1) is 0 Å². The SMILES string of the molecule is CCCCCCCC/C=C\CCCCCCCCOCC(CO)OC(=O)CCCCCCCCC. The van der Waals surface area contributed by atoms with E-state index >= 15 is 0 Å². The maximum absolute atomic E-state index is 11.9.